The van der Waals surface area contributed by atoms with Crippen molar-refractivity contribution in [2.45, 2.75) is 38.8 Å². The van der Waals surface area contributed by atoms with Crippen molar-refractivity contribution in [1.29, 1.82) is 0 Å². The number of rotatable bonds is 3. The smallest absolute Gasteiger partial charge is 0.174 e. The molecule has 1 aromatic carbocycles. The van der Waals surface area contributed by atoms with Crippen molar-refractivity contribution in [1.82, 2.24) is 10.3 Å². The van der Waals surface area contributed by atoms with E-state index >= 15 is 0 Å². The van der Waals surface area contributed by atoms with Crippen LogP contribution in [0.5, 0.6) is 11.5 Å². The quantitative estimate of drug-likeness (QED) is 0.810. The maximum atomic E-state index is 6.10. The zero-order valence-corrected chi connectivity index (χ0v) is 15.7. The fourth-order valence-electron chi connectivity index (χ4n) is 3.05. The zero-order valence-electron chi connectivity index (χ0n) is 14.9. The molecule has 2 aromatic rings. The second kappa shape index (κ2) is 6.88. The summed E-state index contributed by atoms with van der Waals surface area (Å²) >= 11 is 5.50. The number of anilines is 1. The van der Waals surface area contributed by atoms with Crippen LogP contribution in [0.25, 0.3) is 0 Å². The van der Waals surface area contributed by atoms with Gasteiger partial charge < -0.3 is 20.1 Å². The fourth-order valence-corrected chi connectivity index (χ4v) is 3.29. The van der Waals surface area contributed by atoms with Gasteiger partial charge in [0.25, 0.3) is 0 Å². The molecule has 0 aliphatic carbocycles. The minimum atomic E-state index is -0.266. The standard InChI is InChI=1S/C19H23N3O2S/c1-12-7-8-15-13(10-12)14(11-19(2,3)24-15)21-18(25)22-17-16(23-4)6-5-9-20-17/h5-10,14H,11H2,1-4H3,(H2,20,21,22,25)/t14-/m1/s1. The molecule has 3 rings (SSSR count). The highest BCUT2D eigenvalue weighted by molar-refractivity contribution is 7.80. The lowest BCUT2D eigenvalue weighted by molar-refractivity contribution is 0.0696. The van der Waals surface area contributed by atoms with E-state index in [1.54, 1.807) is 13.3 Å². The normalized spacial score (nSPS) is 17.8. The number of nitrogens with zero attached hydrogens (tertiary/aromatic N) is 1. The first-order valence-electron chi connectivity index (χ1n) is 8.24. The number of nitrogens with one attached hydrogen (secondary N) is 2. The van der Waals surface area contributed by atoms with E-state index in [1.807, 2.05) is 18.2 Å². The molecular weight excluding hydrogens is 334 g/mol. The highest BCUT2D eigenvalue weighted by Gasteiger charge is 2.34. The number of hydrogen-bond donors (Lipinski definition) is 2. The van der Waals surface area contributed by atoms with Crippen LogP contribution >= 0.6 is 12.2 Å². The molecule has 0 radical (unpaired) electrons. The Bertz CT molecular complexity index is 792. The van der Waals surface area contributed by atoms with E-state index in [1.165, 1.54) is 5.56 Å². The summed E-state index contributed by atoms with van der Waals surface area (Å²) in [6.07, 6.45) is 2.51. The minimum absolute atomic E-state index is 0.0633. The molecule has 25 heavy (non-hydrogen) atoms. The zero-order chi connectivity index (χ0) is 18.0. The summed E-state index contributed by atoms with van der Waals surface area (Å²) < 4.78 is 11.4. The first-order chi connectivity index (χ1) is 11.9. The molecule has 5 nitrogen and oxygen atoms in total. The van der Waals surface area contributed by atoms with Gasteiger partial charge in [0.05, 0.1) is 13.2 Å². The second-order valence-electron chi connectivity index (χ2n) is 6.81. The molecule has 2 N–H and O–H groups in total. The number of fused-ring (bicyclic) bond motifs is 1. The maximum Gasteiger partial charge on any atom is 0.174 e. The van der Waals surface area contributed by atoms with Crippen LogP contribution in [0.3, 0.4) is 0 Å². The van der Waals surface area contributed by atoms with E-state index in [4.69, 9.17) is 21.7 Å². The molecule has 2 heterocycles. The fraction of sp³-hybridized carbons (Fsp3) is 0.368. The summed E-state index contributed by atoms with van der Waals surface area (Å²) in [7, 11) is 1.61. The second-order valence-corrected chi connectivity index (χ2v) is 7.22. The van der Waals surface area contributed by atoms with Gasteiger partial charge >= 0.3 is 0 Å². The first-order valence-corrected chi connectivity index (χ1v) is 8.65. The SMILES string of the molecule is COc1cccnc1NC(=S)N[C@@H]1CC(C)(C)Oc2ccc(C)cc21. The third-order valence-electron chi connectivity index (χ3n) is 4.15. The van der Waals surface area contributed by atoms with Crippen LogP contribution in [-0.4, -0.2) is 22.8 Å². The molecule has 0 fully saturated rings. The highest BCUT2D eigenvalue weighted by Crippen LogP contribution is 2.39. The Morgan fingerprint density at radius 3 is 2.92 bits per heavy atom. The Morgan fingerprint density at radius 2 is 2.16 bits per heavy atom. The van der Waals surface area contributed by atoms with Gasteiger partial charge in [0.15, 0.2) is 16.7 Å². The Morgan fingerprint density at radius 1 is 1.36 bits per heavy atom. The van der Waals surface area contributed by atoms with Crippen LogP contribution in [0.1, 0.15) is 37.4 Å². The van der Waals surface area contributed by atoms with Crippen LogP contribution in [-0.2, 0) is 0 Å². The lowest BCUT2D eigenvalue weighted by Crippen LogP contribution is -2.42. The average Bonchev–Trinajstić information content (AvgIpc) is 2.55. The van der Waals surface area contributed by atoms with E-state index in [0.717, 1.165) is 17.7 Å². The maximum absolute atomic E-state index is 6.10. The number of aromatic nitrogens is 1. The number of methoxy groups -OCH3 is 1. The van der Waals surface area contributed by atoms with Crippen molar-refractivity contribution in [3.05, 3.63) is 47.7 Å². The van der Waals surface area contributed by atoms with Crippen molar-refractivity contribution in [2.24, 2.45) is 0 Å². The number of thiocarbonyl (C=S) groups is 1. The van der Waals surface area contributed by atoms with Crippen molar-refractivity contribution in [3.63, 3.8) is 0 Å². The summed E-state index contributed by atoms with van der Waals surface area (Å²) in [6.45, 7) is 6.25. The number of pyridine rings is 1. The lowest BCUT2D eigenvalue weighted by atomic mass is 9.89. The molecule has 0 bridgehead atoms. The van der Waals surface area contributed by atoms with E-state index in [2.05, 4.69) is 48.5 Å². The molecule has 1 aromatic heterocycles. The molecule has 1 atom stereocenters. The van der Waals surface area contributed by atoms with Crippen LogP contribution in [0, 0.1) is 6.92 Å². The molecule has 1 aliphatic rings. The number of ether oxygens (including phenoxy) is 2. The van der Waals surface area contributed by atoms with Gasteiger partial charge in [-0.25, -0.2) is 4.98 Å². The van der Waals surface area contributed by atoms with Crippen LogP contribution in [0.15, 0.2) is 36.5 Å². The Hall–Kier alpha value is -2.34. The summed E-state index contributed by atoms with van der Waals surface area (Å²) in [5.74, 6) is 2.14. The average molecular weight is 357 g/mol. The predicted octanol–water partition coefficient (Wildman–Crippen LogP) is 3.99. The highest BCUT2D eigenvalue weighted by atomic mass is 32.1. The molecule has 0 unspecified atom stereocenters. The third-order valence-corrected chi connectivity index (χ3v) is 4.37. The molecule has 0 saturated heterocycles. The van der Waals surface area contributed by atoms with Crippen molar-refractivity contribution in [2.75, 3.05) is 12.4 Å². The van der Waals surface area contributed by atoms with Gasteiger partial charge in [0.1, 0.15) is 11.4 Å². The van der Waals surface area contributed by atoms with Gasteiger partial charge in [-0.15, -0.1) is 0 Å². The van der Waals surface area contributed by atoms with Gasteiger partial charge in [-0.05, 0) is 51.2 Å². The van der Waals surface area contributed by atoms with E-state index in [0.29, 0.717) is 16.7 Å². The Labute approximate surface area is 153 Å². The summed E-state index contributed by atoms with van der Waals surface area (Å²) in [4.78, 5) is 4.28. The molecular formula is C19H23N3O2S. The number of hydrogen-bond acceptors (Lipinski definition) is 4. The van der Waals surface area contributed by atoms with Gasteiger partial charge in [-0.3, -0.25) is 0 Å². The Balaban J connectivity index is 1.80. The third kappa shape index (κ3) is 4.02. The molecule has 6 heteroatoms. The van der Waals surface area contributed by atoms with E-state index in [9.17, 15) is 0 Å². The summed E-state index contributed by atoms with van der Waals surface area (Å²) in [5, 5.41) is 7.03. The van der Waals surface area contributed by atoms with Gasteiger partial charge in [-0.2, -0.15) is 0 Å². The van der Waals surface area contributed by atoms with Gasteiger partial charge in [-0.1, -0.05) is 17.7 Å². The monoisotopic (exact) mass is 357 g/mol. The van der Waals surface area contributed by atoms with Crippen LogP contribution < -0.4 is 20.1 Å². The van der Waals surface area contributed by atoms with Crippen LogP contribution in [0.4, 0.5) is 5.82 Å². The summed E-state index contributed by atoms with van der Waals surface area (Å²) in [6, 6.07) is 9.96. The van der Waals surface area contributed by atoms with Crippen molar-refractivity contribution >= 4 is 23.1 Å². The first kappa shape index (κ1) is 17.5. The summed E-state index contributed by atoms with van der Waals surface area (Å²) in [5.41, 5.74) is 2.05. The lowest BCUT2D eigenvalue weighted by Gasteiger charge is -2.38. The number of aryl methyl sites for hydroxylation is 1. The largest absolute Gasteiger partial charge is 0.493 e. The predicted molar refractivity (Wildman–Crippen MR) is 103 cm³/mol. The van der Waals surface area contributed by atoms with Crippen molar-refractivity contribution in [3.8, 4) is 11.5 Å². The molecule has 132 valence electrons. The minimum Gasteiger partial charge on any atom is -0.493 e. The van der Waals surface area contributed by atoms with E-state index in [-0.39, 0.29) is 11.6 Å². The van der Waals surface area contributed by atoms with Crippen LogP contribution in [0.2, 0.25) is 0 Å². The molecule has 0 amide bonds. The number of benzene rings is 1. The van der Waals surface area contributed by atoms with Gasteiger partial charge in [0.2, 0.25) is 0 Å². The topological polar surface area (TPSA) is 55.4 Å². The van der Waals surface area contributed by atoms with E-state index < -0.39 is 0 Å². The molecule has 0 spiro atoms. The Kier molecular flexibility index (Phi) is 4.81. The molecule has 1 aliphatic heterocycles. The van der Waals surface area contributed by atoms with Gasteiger partial charge in [0, 0.05) is 18.2 Å². The van der Waals surface area contributed by atoms with Crippen molar-refractivity contribution < 1.29 is 9.47 Å². The molecule has 0 saturated carbocycles.